The first-order valence-electron chi connectivity index (χ1n) is 22.2. The number of rotatable bonds is 1. The number of furan rings is 1. The molecule has 0 unspecified atom stereocenters. The first-order valence-corrected chi connectivity index (χ1v) is 22.2. The summed E-state index contributed by atoms with van der Waals surface area (Å²) in [5, 5.41) is 4.94. The second kappa shape index (κ2) is 11.7. The monoisotopic (exact) mass is 792 g/mol. The Morgan fingerprint density at radius 1 is 0.492 bits per heavy atom. The van der Waals surface area contributed by atoms with E-state index in [2.05, 4.69) is 207 Å². The van der Waals surface area contributed by atoms with Crippen molar-refractivity contribution in [3.63, 3.8) is 0 Å². The van der Waals surface area contributed by atoms with Gasteiger partial charge in [0.25, 0.3) is 0 Å². The molecule has 0 bridgehead atoms. The fourth-order valence-corrected chi connectivity index (χ4v) is 11.2. The third-order valence-corrected chi connectivity index (χ3v) is 14.6. The van der Waals surface area contributed by atoms with Gasteiger partial charge in [0.1, 0.15) is 11.2 Å². The molecule has 0 amide bonds. The van der Waals surface area contributed by atoms with Gasteiger partial charge in [0.15, 0.2) is 0 Å². The summed E-state index contributed by atoms with van der Waals surface area (Å²) in [5.74, 6) is 0. The number of hydrogen-bond acceptors (Lipinski definition) is 2. The van der Waals surface area contributed by atoms with E-state index in [9.17, 15) is 0 Å². The first-order chi connectivity index (χ1) is 28.9. The van der Waals surface area contributed by atoms with E-state index in [0.29, 0.717) is 0 Å². The maximum absolute atomic E-state index is 6.84. The number of anilines is 2. The zero-order valence-electron chi connectivity index (χ0n) is 37.4. The molecule has 2 aromatic heterocycles. The summed E-state index contributed by atoms with van der Waals surface area (Å²) < 4.78 is 9.46. The molecule has 0 spiro atoms. The van der Waals surface area contributed by atoms with Gasteiger partial charge in [-0.2, -0.15) is 0 Å². The van der Waals surface area contributed by atoms with Gasteiger partial charge in [-0.25, -0.2) is 0 Å². The number of nitrogens with zero attached hydrogens (tertiary/aromatic N) is 2. The molecule has 12 rings (SSSR count). The van der Waals surface area contributed by atoms with Crippen LogP contribution >= 0.6 is 0 Å². The summed E-state index contributed by atoms with van der Waals surface area (Å²) in [6.07, 6.45) is 0. The van der Waals surface area contributed by atoms with Crippen LogP contribution in [-0.2, 0) is 21.7 Å². The van der Waals surface area contributed by atoms with Crippen LogP contribution in [0.15, 0.2) is 126 Å². The molecule has 3 nitrogen and oxygen atoms in total. The number of fused-ring (bicyclic) bond motifs is 14. The van der Waals surface area contributed by atoms with E-state index in [4.69, 9.17) is 4.42 Å². The van der Waals surface area contributed by atoms with Crippen molar-refractivity contribution < 1.29 is 4.42 Å². The Morgan fingerprint density at radius 2 is 1.15 bits per heavy atom. The highest BCUT2D eigenvalue weighted by molar-refractivity contribution is 6.93. The van der Waals surface area contributed by atoms with Gasteiger partial charge in [-0.15, -0.1) is 0 Å². The van der Waals surface area contributed by atoms with Crippen LogP contribution < -0.4 is 15.7 Å². The predicted octanol–water partition coefficient (Wildman–Crippen LogP) is 14.1. The minimum absolute atomic E-state index is 0.0201. The van der Waals surface area contributed by atoms with E-state index in [1.165, 1.54) is 99.9 Å². The van der Waals surface area contributed by atoms with Crippen LogP contribution in [0.5, 0.6) is 0 Å². The molecule has 300 valence electrons. The molecule has 1 aliphatic carbocycles. The SMILES string of the molecule is CC(C)(C)c1ccc(N2B3c4cc(C(C)(C)C)ccc4-n4c5cc6c(cc5c5ccc(c3c54)-c3cc4oc5cc(C(C)(C)C)ccc5c4cc32)C(C)(C)c2ccccc2-6)cc1. The minimum atomic E-state index is -0.0917. The van der Waals surface area contributed by atoms with E-state index in [1.54, 1.807) is 0 Å². The van der Waals surface area contributed by atoms with Crippen LogP contribution in [0.25, 0.3) is 71.7 Å². The van der Waals surface area contributed by atoms with E-state index in [1.807, 2.05) is 0 Å². The van der Waals surface area contributed by atoms with E-state index >= 15 is 0 Å². The van der Waals surface area contributed by atoms with Crippen LogP contribution in [0.3, 0.4) is 0 Å². The topological polar surface area (TPSA) is 21.3 Å². The standard InChI is InChI=1S/C57H53BN2O/c1-54(2,3)32-16-20-35(21-17-32)60-49-30-43-37-22-18-34(56(7,8)9)27-50(37)61-51(43)31-42(49)38-23-24-39-41-28-45-40(36-14-12-13-15-44(36)57(45,10)11)29-48(41)59-47-25-19-33(55(4,5)6)26-46(47)58(60)52(38)53(39)59/h12-31H,1-11H3. The molecule has 0 atom stereocenters. The summed E-state index contributed by atoms with van der Waals surface area (Å²) in [5.41, 5.74) is 22.7. The molecular weight excluding hydrogens is 739 g/mol. The molecule has 0 saturated carbocycles. The molecule has 4 heterocycles. The Hall–Kier alpha value is -6.00. The van der Waals surface area contributed by atoms with Crippen LogP contribution in [0, 0.1) is 0 Å². The minimum Gasteiger partial charge on any atom is -0.456 e. The van der Waals surface area contributed by atoms with Crippen molar-refractivity contribution in [2.24, 2.45) is 0 Å². The number of benzene rings is 7. The van der Waals surface area contributed by atoms with Gasteiger partial charge in [-0.1, -0.05) is 149 Å². The Balaban J connectivity index is 1.22. The summed E-state index contributed by atoms with van der Waals surface area (Å²) >= 11 is 0. The Bertz CT molecular complexity index is 3390. The normalized spacial score (nSPS) is 15.2. The lowest BCUT2D eigenvalue weighted by Gasteiger charge is -2.42. The van der Waals surface area contributed by atoms with Crippen molar-refractivity contribution in [3.8, 4) is 27.9 Å². The van der Waals surface area contributed by atoms with Crippen molar-refractivity contribution in [2.45, 2.75) is 97.8 Å². The highest BCUT2D eigenvalue weighted by atomic mass is 16.3. The number of hydrogen-bond donors (Lipinski definition) is 0. The molecule has 61 heavy (non-hydrogen) atoms. The molecule has 0 saturated heterocycles. The zero-order valence-corrected chi connectivity index (χ0v) is 37.4. The Morgan fingerprint density at radius 3 is 1.89 bits per heavy atom. The largest absolute Gasteiger partial charge is 0.456 e. The number of aromatic nitrogens is 1. The smallest absolute Gasteiger partial charge is 0.333 e. The van der Waals surface area contributed by atoms with Crippen molar-refractivity contribution in [3.05, 3.63) is 149 Å². The second-order valence-electron chi connectivity index (χ2n) is 21.9. The lowest BCUT2D eigenvalue weighted by molar-refractivity contribution is 0.587. The van der Waals surface area contributed by atoms with Crippen LogP contribution in [0.1, 0.15) is 104 Å². The molecule has 4 heteroatoms. The zero-order chi connectivity index (χ0) is 42.3. The third kappa shape index (κ3) is 4.94. The summed E-state index contributed by atoms with van der Waals surface area (Å²) in [7, 11) is 0. The van der Waals surface area contributed by atoms with Crippen molar-refractivity contribution >= 4 is 72.9 Å². The van der Waals surface area contributed by atoms with E-state index in [-0.39, 0.29) is 28.5 Å². The predicted molar refractivity (Wildman–Crippen MR) is 261 cm³/mol. The molecule has 7 aromatic carbocycles. The highest BCUT2D eigenvalue weighted by Crippen LogP contribution is 2.53. The van der Waals surface area contributed by atoms with Crippen molar-refractivity contribution in [1.82, 2.24) is 4.57 Å². The van der Waals surface area contributed by atoms with Crippen LogP contribution in [0.4, 0.5) is 11.4 Å². The molecular formula is C57H53BN2O. The van der Waals surface area contributed by atoms with Gasteiger partial charge < -0.3 is 13.8 Å². The lowest BCUT2D eigenvalue weighted by Crippen LogP contribution is -2.60. The second-order valence-corrected chi connectivity index (χ2v) is 21.9. The van der Waals surface area contributed by atoms with E-state index in [0.717, 1.165) is 21.9 Å². The average Bonchev–Trinajstić information content (AvgIpc) is 3.82. The van der Waals surface area contributed by atoms with Gasteiger partial charge in [0.2, 0.25) is 0 Å². The maximum atomic E-state index is 6.84. The van der Waals surface area contributed by atoms with Gasteiger partial charge >= 0.3 is 6.85 Å². The highest BCUT2D eigenvalue weighted by Gasteiger charge is 2.45. The summed E-state index contributed by atoms with van der Waals surface area (Å²) in [6, 6.07) is 47.2. The van der Waals surface area contributed by atoms with Gasteiger partial charge in [0, 0.05) is 49.6 Å². The first kappa shape index (κ1) is 36.8. The summed E-state index contributed by atoms with van der Waals surface area (Å²) in [4.78, 5) is 2.66. The fraction of sp³-hybridized carbons (Fsp3) is 0.263. The lowest BCUT2D eigenvalue weighted by atomic mass is 9.43. The molecule has 0 radical (unpaired) electrons. The van der Waals surface area contributed by atoms with Crippen LogP contribution in [-0.4, -0.2) is 11.4 Å². The van der Waals surface area contributed by atoms with Crippen LogP contribution in [0.2, 0.25) is 0 Å². The quantitative estimate of drug-likeness (QED) is 0.154. The van der Waals surface area contributed by atoms with Gasteiger partial charge in [-0.05, 0) is 120 Å². The van der Waals surface area contributed by atoms with Crippen molar-refractivity contribution in [2.75, 3.05) is 4.81 Å². The molecule has 9 aromatic rings. The van der Waals surface area contributed by atoms with Gasteiger partial charge in [-0.3, -0.25) is 0 Å². The Labute approximate surface area is 360 Å². The molecule has 2 aliphatic heterocycles. The van der Waals surface area contributed by atoms with E-state index < -0.39 is 0 Å². The molecule has 3 aliphatic rings. The van der Waals surface area contributed by atoms with Crippen molar-refractivity contribution in [1.29, 1.82) is 0 Å². The average molecular weight is 793 g/mol. The van der Waals surface area contributed by atoms with Gasteiger partial charge in [0.05, 0.1) is 11.0 Å². The molecule has 0 N–H and O–H groups in total. The molecule has 0 fully saturated rings. The summed E-state index contributed by atoms with van der Waals surface area (Å²) in [6.45, 7) is 25.5. The Kier molecular flexibility index (Phi) is 7.05. The third-order valence-electron chi connectivity index (χ3n) is 14.6. The maximum Gasteiger partial charge on any atom is 0.333 e. The fourth-order valence-electron chi connectivity index (χ4n) is 11.2.